The summed E-state index contributed by atoms with van der Waals surface area (Å²) in [5, 5.41) is 12.0. The summed E-state index contributed by atoms with van der Waals surface area (Å²) in [4.78, 5) is 23.6. The van der Waals surface area contributed by atoms with Gasteiger partial charge >= 0.3 is 12.1 Å². The first-order chi connectivity index (χ1) is 12.1. The Morgan fingerprint density at radius 1 is 1.15 bits per heavy atom. The largest absolute Gasteiger partial charge is 0.480 e. The van der Waals surface area contributed by atoms with Crippen LogP contribution < -0.4 is 5.32 Å². The molecule has 138 valence electrons. The van der Waals surface area contributed by atoms with Gasteiger partial charge in [-0.25, -0.2) is 4.79 Å². The summed E-state index contributed by atoms with van der Waals surface area (Å²) in [6.07, 6.45) is -4.57. The lowest BCUT2D eigenvalue weighted by Crippen LogP contribution is -2.42. The first kappa shape index (κ1) is 20.3. The SMILES string of the molecule is O=C(N[C@@H](Cc1cc(Cl)ccc1Br)C(=O)O)c1ccc(C(F)(F)F)cc1. The predicted octanol–water partition coefficient (Wildman–Crippen LogP) is 4.55. The molecule has 0 aliphatic heterocycles. The minimum absolute atomic E-state index is 0.0527. The minimum atomic E-state index is -4.52. The van der Waals surface area contributed by atoms with Gasteiger partial charge in [-0.15, -0.1) is 0 Å². The van der Waals surface area contributed by atoms with Crippen molar-refractivity contribution >= 4 is 39.4 Å². The smallest absolute Gasteiger partial charge is 0.416 e. The number of carboxylic acids is 1. The highest BCUT2D eigenvalue weighted by Crippen LogP contribution is 2.29. The van der Waals surface area contributed by atoms with E-state index in [9.17, 15) is 27.9 Å². The van der Waals surface area contributed by atoms with Gasteiger partial charge in [-0.2, -0.15) is 13.2 Å². The quantitative estimate of drug-likeness (QED) is 0.702. The summed E-state index contributed by atoms with van der Waals surface area (Å²) in [6.45, 7) is 0. The van der Waals surface area contributed by atoms with Crippen LogP contribution in [0.25, 0.3) is 0 Å². The maximum absolute atomic E-state index is 12.6. The van der Waals surface area contributed by atoms with Gasteiger partial charge in [0.15, 0.2) is 0 Å². The molecule has 0 aromatic heterocycles. The maximum Gasteiger partial charge on any atom is 0.416 e. The lowest BCUT2D eigenvalue weighted by atomic mass is 10.0. The monoisotopic (exact) mass is 449 g/mol. The molecule has 0 spiro atoms. The Balaban J connectivity index is 2.15. The fourth-order valence-corrected chi connectivity index (χ4v) is 2.78. The average Bonchev–Trinajstić information content (AvgIpc) is 2.56. The number of halogens is 5. The molecule has 2 aromatic rings. The Hall–Kier alpha value is -2.06. The molecular formula is C17H12BrClF3NO3. The van der Waals surface area contributed by atoms with Crippen LogP contribution in [-0.4, -0.2) is 23.0 Å². The summed E-state index contributed by atoms with van der Waals surface area (Å²) in [7, 11) is 0. The topological polar surface area (TPSA) is 66.4 Å². The van der Waals surface area contributed by atoms with Crippen molar-refractivity contribution in [2.75, 3.05) is 0 Å². The molecule has 2 aromatic carbocycles. The Labute approximate surface area is 160 Å². The molecule has 0 unspecified atom stereocenters. The normalized spacial score (nSPS) is 12.5. The molecule has 0 radical (unpaired) electrons. The van der Waals surface area contributed by atoms with E-state index in [0.29, 0.717) is 15.1 Å². The Bertz CT molecular complexity index is 825. The van der Waals surface area contributed by atoms with Crippen molar-refractivity contribution in [2.45, 2.75) is 18.6 Å². The van der Waals surface area contributed by atoms with Crippen LogP contribution in [0.1, 0.15) is 21.5 Å². The third-order valence-corrected chi connectivity index (χ3v) is 4.52. The fourth-order valence-electron chi connectivity index (χ4n) is 2.17. The maximum atomic E-state index is 12.6. The van der Waals surface area contributed by atoms with Gasteiger partial charge in [-0.1, -0.05) is 27.5 Å². The number of aliphatic carboxylic acids is 1. The average molecular weight is 451 g/mol. The number of amides is 1. The van der Waals surface area contributed by atoms with Crippen LogP contribution in [0.15, 0.2) is 46.9 Å². The molecule has 0 saturated carbocycles. The number of carbonyl (C=O) groups is 2. The zero-order valence-corrected chi connectivity index (χ0v) is 15.3. The lowest BCUT2D eigenvalue weighted by Gasteiger charge is -2.16. The van der Waals surface area contributed by atoms with Gasteiger partial charge in [0.2, 0.25) is 0 Å². The number of nitrogens with one attached hydrogen (secondary N) is 1. The zero-order valence-electron chi connectivity index (χ0n) is 13.0. The second kappa shape index (κ2) is 8.09. The summed E-state index contributed by atoms with van der Waals surface area (Å²) in [5.74, 6) is -2.07. The number of carbonyl (C=O) groups excluding carboxylic acids is 1. The molecule has 1 atom stereocenters. The molecular weight excluding hydrogens is 439 g/mol. The fraction of sp³-hybridized carbons (Fsp3) is 0.176. The number of rotatable bonds is 5. The molecule has 1 amide bonds. The third-order valence-electron chi connectivity index (χ3n) is 3.51. The van der Waals surface area contributed by atoms with Crippen LogP contribution in [-0.2, 0) is 17.4 Å². The third kappa shape index (κ3) is 5.22. The van der Waals surface area contributed by atoms with E-state index in [4.69, 9.17) is 11.6 Å². The molecule has 2 rings (SSSR count). The van der Waals surface area contributed by atoms with Crippen molar-refractivity contribution in [3.63, 3.8) is 0 Å². The second-order valence-corrected chi connectivity index (χ2v) is 6.67. The van der Waals surface area contributed by atoms with Crippen LogP contribution in [0.5, 0.6) is 0 Å². The van der Waals surface area contributed by atoms with Crippen molar-refractivity contribution in [1.29, 1.82) is 0 Å². The molecule has 9 heteroatoms. The minimum Gasteiger partial charge on any atom is -0.480 e. The molecule has 0 fully saturated rings. The first-order valence-corrected chi connectivity index (χ1v) is 8.40. The highest BCUT2D eigenvalue weighted by atomic mass is 79.9. The standard InChI is InChI=1S/C17H12BrClF3NO3/c18-13-6-5-12(19)7-10(13)8-14(16(25)26)23-15(24)9-1-3-11(4-2-9)17(20,21)22/h1-7,14H,8H2,(H,23,24)(H,25,26)/t14-/m0/s1. The molecule has 0 heterocycles. The van der Waals surface area contributed by atoms with E-state index >= 15 is 0 Å². The van der Waals surface area contributed by atoms with Gasteiger partial charge in [0.25, 0.3) is 5.91 Å². The van der Waals surface area contributed by atoms with Crippen molar-refractivity contribution in [3.05, 3.63) is 68.7 Å². The first-order valence-electron chi connectivity index (χ1n) is 7.23. The summed E-state index contributed by atoms with van der Waals surface area (Å²) in [6, 6.07) is 7.06. The highest BCUT2D eigenvalue weighted by molar-refractivity contribution is 9.10. The summed E-state index contributed by atoms with van der Waals surface area (Å²) < 4.78 is 38.3. The van der Waals surface area contributed by atoms with Crippen molar-refractivity contribution in [3.8, 4) is 0 Å². The molecule has 0 bridgehead atoms. The summed E-state index contributed by atoms with van der Waals surface area (Å²) >= 11 is 9.16. The number of carboxylic acid groups (broad SMARTS) is 1. The second-order valence-electron chi connectivity index (χ2n) is 5.38. The van der Waals surface area contributed by atoms with E-state index in [2.05, 4.69) is 21.2 Å². The van der Waals surface area contributed by atoms with E-state index in [1.165, 1.54) is 0 Å². The van der Waals surface area contributed by atoms with Gasteiger partial charge in [0, 0.05) is 21.5 Å². The van der Waals surface area contributed by atoms with Crippen LogP contribution in [0, 0.1) is 0 Å². The number of hydrogen-bond acceptors (Lipinski definition) is 2. The molecule has 0 saturated heterocycles. The molecule has 0 aliphatic rings. The number of benzene rings is 2. The van der Waals surface area contributed by atoms with Crippen LogP contribution >= 0.6 is 27.5 Å². The number of alkyl halides is 3. The number of hydrogen-bond donors (Lipinski definition) is 2. The summed E-state index contributed by atoms with van der Waals surface area (Å²) in [5.41, 5.74) is -0.404. The molecule has 26 heavy (non-hydrogen) atoms. The van der Waals surface area contributed by atoms with Crippen molar-refractivity contribution < 1.29 is 27.9 Å². The van der Waals surface area contributed by atoms with Gasteiger partial charge < -0.3 is 10.4 Å². The molecule has 0 aliphatic carbocycles. The predicted molar refractivity (Wildman–Crippen MR) is 93.2 cm³/mol. The van der Waals surface area contributed by atoms with Crippen molar-refractivity contribution in [2.24, 2.45) is 0 Å². The van der Waals surface area contributed by atoms with E-state index in [-0.39, 0.29) is 12.0 Å². The zero-order chi connectivity index (χ0) is 19.5. The Kier molecular flexibility index (Phi) is 6.30. The molecule has 2 N–H and O–H groups in total. The van der Waals surface area contributed by atoms with Gasteiger partial charge in [-0.05, 0) is 48.0 Å². The van der Waals surface area contributed by atoms with Gasteiger partial charge in [-0.3, -0.25) is 4.79 Å². The van der Waals surface area contributed by atoms with Crippen LogP contribution in [0.2, 0.25) is 5.02 Å². The van der Waals surface area contributed by atoms with Gasteiger partial charge in [0.05, 0.1) is 5.56 Å². The van der Waals surface area contributed by atoms with E-state index in [0.717, 1.165) is 24.3 Å². The van der Waals surface area contributed by atoms with E-state index in [1.807, 2.05) is 0 Å². The lowest BCUT2D eigenvalue weighted by molar-refractivity contribution is -0.139. The van der Waals surface area contributed by atoms with Crippen LogP contribution in [0.4, 0.5) is 13.2 Å². The Morgan fingerprint density at radius 2 is 1.77 bits per heavy atom. The van der Waals surface area contributed by atoms with E-state index in [1.54, 1.807) is 18.2 Å². The van der Waals surface area contributed by atoms with Crippen LogP contribution in [0.3, 0.4) is 0 Å². The Morgan fingerprint density at radius 3 is 2.31 bits per heavy atom. The van der Waals surface area contributed by atoms with Gasteiger partial charge in [0.1, 0.15) is 6.04 Å². The highest BCUT2D eigenvalue weighted by Gasteiger charge is 2.30. The van der Waals surface area contributed by atoms with Crippen molar-refractivity contribution in [1.82, 2.24) is 5.32 Å². The van der Waals surface area contributed by atoms with E-state index < -0.39 is 29.7 Å². The molecule has 4 nitrogen and oxygen atoms in total.